The van der Waals surface area contributed by atoms with Crippen LogP contribution in [0.25, 0.3) is 0 Å². The Morgan fingerprint density at radius 3 is 2.12 bits per heavy atom. The number of amides is 4. The number of carbonyl (C=O) groups is 3. The van der Waals surface area contributed by atoms with Crippen molar-refractivity contribution < 1.29 is 14.4 Å². The van der Waals surface area contributed by atoms with Crippen molar-refractivity contribution in [2.75, 3.05) is 18.4 Å². The van der Waals surface area contributed by atoms with Gasteiger partial charge in [-0.25, -0.2) is 4.79 Å². The molecule has 4 amide bonds. The Bertz CT molecular complexity index is 770. The normalized spacial score (nSPS) is 13.0. The summed E-state index contributed by atoms with van der Waals surface area (Å²) in [4.78, 5) is 37.4. The quantitative estimate of drug-likeness (QED) is 0.573. The third-order valence-corrected chi connectivity index (χ3v) is 4.32. The fourth-order valence-electron chi connectivity index (χ4n) is 2.43. The smallest absolute Gasteiger partial charge is 0.319 e. The highest BCUT2D eigenvalue weighted by atomic mass is 127. The standard InChI is InChI=1S/C17H14IN3O3/c18-11-5-7-12(8-6-11)20-17(24)19-9-10-21-15(22)13-3-1-2-4-14(13)16(21)23/h1-8H,9-10H2,(H2,19,20,24). The first-order chi connectivity index (χ1) is 11.6. The van der Waals surface area contributed by atoms with Gasteiger partial charge >= 0.3 is 6.03 Å². The van der Waals surface area contributed by atoms with Crippen molar-refractivity contribution in [2.24, 2.45) is 0 Å². The zero-order valence-electron chi connectivity index (χ0n) is 12.6. The molecule has 1 aliphatic heterocycles. The second-order valence-corrected chi connectivity index (χ2v) is 6.44. The van der Waals surface area contributed by atoms with Crippen LogP contribution in [0, 0.1) is 3.57 Å². The highest BCUT2D eigenvalue weighted by Gasteiger charge is 2.34. The number of hydrogen-bond donors (Lipinski definition) is 2. The lowest BCUT2D eigenvalue weighted by Gasteiger charge is -2.14. The largest absolute Gasteiger partial charge is 0.336 e. The highest BCUT2D eigenvalue weighted by molar-refractivity contribution is 14.1. The lowest BCUT2D eigenvalue weighted by atomic mass is 10.1. The van der Waals surface area contributed by atoms with E-state index in [1.165, 1.54) is 0 Å². The van der Waals surface area contributed by atoms with Gasteiger partial charge in [0.25, 0.3) is 11.8 Å². The van der Waals surface area contributed by atoms with Crippen molar-refractivity contribution in [1.29, 1.82) is 0 Å². The first-order valence-electron chi connectivity index (χ1n) is 7.32. The topological polar surface area (TPSA) is 78.5 Å². The van der Waals surface area contributed by atoms with E-state index in [-0.39, 0.29) is 30.9 Å². The number of urea groups is 1. The monoisotopic (exact) mass is 435 g/mol. The Morgan fingerprint density at radius 1 is 0.958 bits per heavy atom. The predicted octanol–water partition coefficient (Wildman–Crippen LogP) is 2.71. The minimum Gasteiger partial charge on any atom is -0.336 e. The van der Waals surface area contributed by atoms with Crippen LogP contribution in [0.3, 0.4) is 0 Å². The fourth-order valence-corrected chi connectivity index (χ4v) is 2.79. The molecule has 2 aromatic rings. The third-order valence-electron chi connectivity index (χ3n) is 3.60. The van der Waals surface area contributed by atoms with Crippen LogP contribution in [-0.2, 0) is 0 Å². The van der Waals surface area contributed by atoms with Gasteiger partial charge in [-0.2, -0.15) is 0 Å². The lowest BCUT2D eigenvalue weighted by molar-refractivity contribution is 0.0656. The van der Waals surface area contributed by atoms with Gasteiger partial charge in [-0.3, -0.25) is 14.5 Å². The number of hydrogen-bond acceptors (Lipinski definition) is 3. The van der Waals surface area contributed by atoms with E-state index in [4.69, 9.17) is 0 Å². The van der Waals surface area contributed by atoms with Gasteiger partial charge in [0.15, 0.2) is 0 Å². The van der Waals surface area contributed by atoms with Crippen LogP contribution in [-0.4, -0.2) is 35.8 Å². The summed E-state index contributed by atoms with van der Waals surface area (Å²) in [6.07, 6.45) is 0. The number of carbonyl (C=O) groups excluding carboxylic acids is 3. The summed E-state index contributed by atoms with van der Waals surface area (Å²) in [5.74, 6) is -0.647. The third kappa shape index (κ3) is 3.40. The second-order valence-electron chi connectivity index (χ2n) is 5.20. The van der Waals surface area contributed by atoms with E-state index in [1.807, 2.05) is 12.1 Å². The summed E-state index contributed by atoms with van der Waals surface area (Å²) >= 11 is 2.18. The van der Waals surface area contributed by atoms with E-state index in [9.17, 15) is 14.4 Å². The van der Waals surface area contributed by atoms with Crippen LogP contribution >= 0.6 is 22.6 Å². The van der Waals surface area contributed by atoms with Crippen LogP contribution < -0.4 is 10.6 Å². The predicted molar refractivity (Wildman–Crippen MR) is 98.0 cm³/mol. The van der Waals surface area contributed by atoms with Gasteiger partial charge in [0, 0.05) is 22.3 Å². The second kappa shape index (κ2) is 7.00. The van der Waals surface area contributed by atoms with E-state index >= 15 is 0 Å². The van der Waals surface area contributed by atoms with E-state index < -0.39 is 0 Å². The molecule has 122 valence electrons. The Kier molecular flexibility index (Phi) is 4.79. The molecular weight excluding hydrogens is 421 g/mol. The molecule has 0 atom stereocenters. The summed E-state index contributed by atoms with van der Waals surface area (Å²) in [5, 5.41) is 5.33. The molecule has 3 rings (SSSR count). The first-order valence-corrected chi connectivity index (χ1v) is 8.40. The van der Waals surface area contributed by atoms with Crippen LogP contribution in [0.1, 0.15) is 20.7 Å². The molecule has 2 N–H and O–H groups in total. The number of imide groups is 1. The number of nitrogens with zero attached hydrogens (tertiary/aromatic N) is 1. The molecule has 0 spiro atoms. The number of rotatable bonds is 4. The van der Waals surface area contributed by atoms with Crippen molar-refractivity contribution in [3.63, 3.8) is 0 Å². The van der Waals surface area contributed by atoms with Crippen molar-refractivity contribution in [1.82, 2.24) is 10.2 Å². The molecule has 0 aliphatic carbocycles. The molecule has 0 saturated carbocycles. The van der Waals surface area contributed by atoms with E-state index in [2.05, 4.69) is 33.2 Å². The first kappa shape index (κ1) is 16.4. The fraction of sp³-hybridized carbons (Fsp3) is 0.118. The average molecular weight is 435 g/mol. The number of halogens is 1. The molecule has 6 nitrogen and oxygen atoms in total. The average Bonchev–Trinajstić information content (AvgIpc) is 2.82. The summed E-state index contributed by atoms with van der Waals surface area (Å²) in [5.41, 5.74) is 1.49. The molecule has 2 aromatic carbocycles. The lowest BCUT2D eigenvalue weighted by Crippen LogP contribution is -2.39. The van der Waals surface area contributed by atoms with Crippen molar-refractivity contribution in [2.45, 2.75) is 0 Å². The Hall–Kier alpha value is -2.42. The van der Waals surface area contributed by atoms with E-state index in [0.29, 0.717) is 16.8 Å². The molecule has 0 radical (unpaired) electrons. The maximum Gasteiger partial charge on any atom is 0.319 e. The molecule has 0 saturated heterocycles. The minimum absolute atomic E-state index is 0.131. The molecule has 1 aliphatic rings. The molecule has 7 heteroatoms. The number of anilines is 1. The van der Waals surface area contributed by atoms with Crippen LogP contribution in [0.4, 0.5) is 10.5 Å². The molecule has 24 heavy (non-hydrogen) atoms. The van der Waals surface area contributed by atoms with Gasteiger partial charge in [-0.05, 0) is 59.0 Å². The number of nitrogens with one attached hydrogen (secondary N) is 2. The summed E-state index contributed by atoms with van der Waals surface area (Å²) in [7, 11) is 0. The van der Waals surface area contributed by atoms with E-state index in [0.717, 1.165) is 8.47 Å². The Balaban J connectivity index is 1.52. The van der Waals surface area contributed by atoms with Gasteiger partial charge in [0.2, 0.25) is 0 Å². The van der Waals surface area contributed by atoms with Crippen LogP contribution in [0.2, 0.25) is 0 Å². The summed E-state index contributed by atoms with van der Waals surface area (Å²) in [6, 6.07) is 13.7. The van der Waals surface area contributed by atoms with Gasteiger partial charge in [0.05, 0.1) is 11.1 Å². The van der Waals surface area contributed by atoms with Gasteiger partial charge in [-0.15, -0.1) is 0 Å². The number of fused-ring (bicyclic) bond motifs is 1. The molecule has 0 aromatic heterocycles. The molecule has 0 fully saturated rings. The molecule has 0 bridgehead atoms. The SMILES string of the molecule is O=C(NCCN1C(=O)c2ccccc2C1=O)Nc1ccc(I)cc1. The minimum atomic E-state index is -0.382. The zero-order valence-corrected chi connectivity index (χ0v) is 14.7. The van der Waals surface area contributed by atoms with E-state index in [1.54, 1.807) is 36.4 Å². The van der Waals surface area contributed by atoms with Gasteiger partial charge in [0.1, 0.15) is 0 Å². The molecular formula is C17H14IN3O3. The van der Waals surface area contributed by atoms with Crippen molar-refractivity contribution in [3.05, 3.63) is 63.2 Å². The maximum absolute atomic E-state index is 12.2. The van der Waals surface area contributed by atoms with Gasteiger partial charge < -0.3 is 10.6 Å². The summed E-state index contributed by atoms with van der Waals surface area (Å²) in [6.45, 7) is 0.314. The van der Waals surface area contributed by atoms with Crippen molar-refractivity contribution in [3.8, 4) is 0 Å². The molecule has 0 unspecified atom stereocenters. The Labute approximate surface area is 152 Å². The van der Waals surface area contributed by atoms with Crippen LogP contribution in [0.5, 0.6) is 0 Å². The molecule has 1 heterocycles. The highest BCUT2D eigenvalue weighted by Crippen LogP contribution is 2.21. The van der Waals surface area contributed by atoms with Crippen LogP contribution in [0.15, 0.2) is 48.5 Å². The van der Waals surface area contributed by atoms with Gasteiger partial charge in [-0.1, -0.05) is 12.1 Å². The maximum atomic E-state index is 12.2. The zero-order chi connectivity index (χ0) is 17.1. The number of benzene rings is 2. The summed E-state index contributed by atoms with van der Waals surface area (Å²) < 4.78 is 1.07. The van der Waals surface area contributed by atoms with Crippen molar-refractivity contribution >= 4 is 46.1 Å². The Morgan fingerprint density at radius 2 is 1.54 bits per heavy atom.